The van der Waals surface area contributed by atoms with Crippen LogP contribution in [0.3, 0.4) is 0 Å². The van der Waals surface area contributed by atoms with Gasteiger partial charge in [-0.05, 0) is 48.9 Å². The molecule has 4 rings (SSSR count). The highest BCUT2D eigenvalue weighted by Crippen LogP contribution is 2.44. The van der Waals surface area contributed by atoms with Crippen LogP contribution in [0.1, 0.15) is 43.7 Å². The maximum atomic E-state index is 12.8. The van der Waals surface area contributed by atoms with Gasteiger partial charge < -0.3 is 20.1 Å². The molecule has 0 bridgehead atoms. The summed E-state index contributed by atoms with van der Waals surface area (Å²) in [6, 6.07) is 16.2. The molecular formula is C27H30N2O5. The molecule has 0 saturated carbocycles. The number of hydrogen-bond donors (Lipinski definition) is 2. The topological polar surface area (TPSA) is 95.9 Å². The first-order valence-electron chi connectivity index (χ1n) is 11.7. The van der Waals surface area contributed by atoms with Crippen LogP contribution in [0.2, 0.25) is 0 Å². The van der Waals surface area contributed by atoms with E-state index in [4.69, 9.17) is 4.74 Å². The molecular weight excluding hydrogens is 432 g/mol. The van der Waals surface area contributed by atoms with Crippen molar-refractivity contribution < 1.29 is 24.2 Å². The van der Waals surface area contributed by atoms with E-state index in [1.807, 2.05) is 31.2 Å². The van der Waals surface area contributed by atoms with E-state index in [-0.39, 0.29) is 31.0 Å². The predicted octanol–water partition coefficient (Wildman–Crippen LogP) is 4.18. The average Bonchev–Trinajstić information content (AvgIpc) is 3.16. The molecule has 2 atom stereocenters. The van der Waals surface area contributed by atoms with E-state index in [0.29, 0.717) is 25.0 Å². The molecule has 2 amide bonds. The molecule has 2 N–H and O–H groups in total. The Morgan fingerprint density at radius 3 is 2.29 bits per heavy atom. The van der Waals surface area contributed by atoms with E-state index >= 15 is 0 Å². The van der Waals surface area contributed by atoms with Crippen LogP contribution in [0.4, 0.5) is 4.79 Å². The lowest BCUT2D eigenvalue weighted by Crippen LogP contribution is -2.46. The van der Waals surface area contributed by atoms with Crippen LogP contribution in [-0.4, -0.2) is 53.7 Å². The highest BCUT2D eigenvalue weighted by Gasteiger charge is 2.32. The van der Waals surface area contributed by atoms with Gasteiger partial charge in [0.25, 0.3) is 0 Å². The van der Waals surface area contributed by atoms with Gasteiger partial charge >= 0.3 is 12.1 Å². The van der Waals surface area contributed by atoms with E-state index in [1.54, 1.807) is 17.9 Å². The van der Waals surface area contributed by atoms with Crippen molar-refractivity contribution in [2.45, 2.75) is 38.6 Å². The van der Waals surface area contributed by atoms with Crippen LogP contribution in [-0.2, 0) is 14.3 Å². The van der Waals surface area contributed by atoms with Crippen molar-refractivity contribution in [3.63, 3.8) is 0 Å². The Hall–Kier alpha value is -3.61. The first-order chi connectivity index (χ1) is 16.4. The molecule has 0 aromatic heterocycles. The van der Waals surface area contributed by atoms with Crippen molar-refractivity contribution in [1.29, 1.82) is 0 Å². The summed E-state index contributed by atoms with van der Waals surface area (Å²) in [5.41, 5.74) is 5.16. The molecule has 1 aliphatic heterocycles. The lowest BCUT2D eigenvalue weighted by Gasteiger charge is -2.36. The molecule has 34 heavy (non-hydrogen) atoms. The molecule has 178 valence electrons. The summed E-state index contributed by atoms with van der Waals surface area (Å²) in [6.45, 7) is 4.40. The molecule has 1 fully saturated rings. The van der Waals surface area contributed by atoms with Gasteiger partial charge in [-0.25, -0.2) is 4.79 Å². The summed E-state index contributed by atoms with van der Waals surface area (Å²) in [6.07, 6.45) is 2.04. The normalized spacial score (nSPS) is 19.8. The van der Waals surface area contributed by atoms with E-state index in [9.17, 15) is 19.5 Å². The Balaban J connectivity index is 1.28. The fourth-order valence-corrected chi connectivity index (χ4v) is 4.95. The number of piperidine rings is 1. The fraction of sp³-hybridized carbons (Fsp3) is 0.370. The smallest absolute Gasteiger partial charge is 0.407 e. The SMILES string of the molecule is C/C(=C\CNC(=O)OCC1c2ccccc2-c2ccccc21)C(=O)N1CCC(C(=O)O)CC1C. The van der Waals surface area contributed by atoms with E-state index in [2.05, 4.69) is 29.6 Å². The van der Waals surface area contributed by atoms with Gasteiger partial charge in [-0.1, -0.05) is 54.6 Å². The van der Waals surface area contributed by atoms with Crippen LogP contribution in [0.5, 0.6) is 0 Å². The van der Waals surface area contributed by atoms with Gasteiger partial charge in [-0.3, -0.25) is 9.59 Å². The number of aliphatic carboxylic acids is 1. The van der Waals surface area contributed by atoms with E-state index < -0.39 is 18.0 Å². The lowest BCUT2D eigenvalue weighted by atomic mass is 9.91. The number of hydrogen-bond acceptors (Lipinski definition) is 4. The first-order valence-corrected chi connectivity index (χ1v) is 11.7. The minimum Gasteiger partial charge on any atom is -0.481 e. The zero-order valence-corrected chi connectivity index (χ0v) is 19.5. The molecule has 0 spiro atoms. The number of fused-ring (bicyclic) bond motifs is 3. The van der Waals surface area contributed by atoms with Crippen molar-refractivity contribution in [3.8, 4) is 11.1 Å². The van der Waals surface area contributed by atoms with E-state index in [0.717, 1.165) is 11.1 Å². The Kier molecular flexibility index (Phi) is 7.01. The van der Waals surface area contributed by atoms with Gasteiger partial charge in [-0.15, -0.1) is 0 Å². The molecule has 0 radical (unpaired) electrons. The third-order valence-corrected chi connectivity index (χ3v) is 6.82. The number of rotatable bonds is 6. The van der Waals surface area contributed by atoms with Crippen molar-refractivity contribution in [2.24, 2.45) is 5.92 Å². The second-order valence-electron chi connectivity index (χ2n) is 9.00. The number of alkyl carbamates (subject to hydrolysis) is 1. The number of ether oxygens (including phenoxy) is 1. The number of nitrogens with zero attached hydrogens (tertiary/aromatic N) is 1. The Morgan fingerprint density at radius 2 is 1.71 bits per heavy atom. The second kappa shape index (κ2) is 10.1. The Labute approximate surface area is 199 Å². The largest absolute Gasteiger partial charge is 0.481 e. The maximum absolute atomic E-state index is 12.8. The van der Waals surface area contributed by atoms with Gasteiger partial charge in [0.2, 0.25) is 5.91 Å². The standard InChI is InChI=1S/C27H30N2O5/c1-17(25(30)29-14-12-19(26(31)32)15-18(29)2)11-13-28-27(33)34-16-24-22-9-5-3-7-20(22)21-8-4-6-10-23(21)24/h3-11,18-19,24H,12-16H2,1-2H3,(H,28,33)(H,31,32)/b17-11+. The third kappa shape index (κ3) is 4.83. The quantitative estimate of drug-likeness (QED) is 0.628. The number of likely N-dealkylation sites (tertiary alicyclic amines) is 1. The van der Waals surface area contributed by atoms with Gasteiger partial charge in [0, 0.05) is 30.6 Å². The summed E-state index contributed by atoms with van der Waals surface area (Å²) < 4.78 is 5.52. The number of carbonyl (C=O) groups excluding carboxylic acids is 2. The predicted molar refractivity (Wildman–Crippen MR) is 128 cm³/mol. The zero-order chi connectivity index (χ0) is 24.2. The van der Waals surface area contributed by atoms with Crippen LogP contribution in [0.15, 0.2) is 60.2 Å². The van der Waals surface area contributed by atoms with E-state index in [1.165, 1.54) is 11.1 Å². The molecule has 1 aliphatic carbocycles. The van der Waals surface area contributed by atoms with Crippen LogP contribution in [0.25, 0.3) is 11.1 Å². The third-order valence-electron chi connectivity index (χ3n) is 6.82. The number of carbonyl (C=O) groups is 3. The summed E-state index contributed by atoms with van der Waals surface area (Å²) in [5, 5.41) is 11.9. The first kappa shape index (κ1) is 23.5. The fourth-order valence-electron chi connectivity index (χ4n) is 4.95. The summed E-state index contributed by atoms with van der Waals surface area (Å²) in [5.74, 6) is -1.35. The van der Waals surface area contributed by atoms with Crippen LogP contribution in [0, 0.1) is 5.92 Å². The molecule has 2 aromatic carbocycles. The molecule has 1 saturated heterocycles. The molecule has 2 aromatic rings. The second-order valence-corrected chi connectivity index (χ2v) is 9.00. The Morgan fingerprint density at radius 1 is 1.09 bits per heavy atom. The minimum absolute atomic E-state index is 0.00720. The molecule has 2 unspecified atom stereocenters. The zero-order valence-electron chi connectivity index (χ0n) is 19.5. The summed E-state index contributed by atoms with van der Waals surface area (Å²) in [4.78, 5) is 38.0. The maximum Gasteiger partial charge on any atom is 0.407 e. The number of carboxylic acid groups (broad SMARTS) is 1. The number of carboxylic acids is 1. The van der Waals surface area contributed by atoms with Crippen molar-refractivity contribution in [2.75, 3.05) is 19.7 Å². The summed E-state index contributed by atoms with van der Waals surface area (Å²) in [7, 11) is 0. The monoisotopic (exact) mass is 462 g/mol. The van der Waals surface area contributed by atoms with Crippen LogP contribution >= 0.6 is 0 Å². The van der Waals surface area contributed by atoms with Crippen molar-refractivity contribution in [1.82, 2.24) is 10.2 Å². The Bertz CT molecular complexity index is 1080. The minimum atomic E-state index is -0.807. The van der Waals surface area contributed by atoms with Gasteiger partial charge in [-0.2, -0.15) is 0 Å². The van der Waals surface area contributed by atoms with Crippen molar-refractivity contribution in [3.05, 3.63) is 71.3 Å². The summed E-state index contributed by atoms with van der Waals surface area (Å²) >= 11 is 0. The van der Waals surface area contributed by atoms with Gasteiger partial charge in [0.1, 0.15) is 6.61 Å². The number of amides is 2. The van der Waals surface area contributed by atoms with Gasteiger partial charge in [0.05, 0.1) is 5.92 Å². The molecule has 7 heteroatoms. The number of benzene rings is 2. The van der Waals surface area contributed by atoms with Gasteiger partial charge in [0.15, 0.2) is 0 Å². The number of nitrogens with one attached hydrogen (secondary N) is 1. The van der Waals surface area contributed by atoms with Crippen molar-refractivity contribution >= 4 is 18.0 Å². The lowest BCUT2D eigenvalue weighted by molar-refractivity contribution is -0.146. The molecule has 1 heterocycles. The highest BCUT2D eigenvalue weighted by atomic mass is 16.5. The van der Waals surface area contributed by atoms with Crippen LogP contribution < -0.4 is 5.32 Å². The highest BCUT2D eigenvalue weighted by molar-refractivity contribution is 5.93. The molecule has 7 nitrogen and oxygen atoms in total. The molecule has 2 aliphatic rings. The average molecular weight is 463 g/mol.